The topological polar surface area (TPSA) is 75.6 Å². The van der Waals surface area contributed by atoms with E-state index in [0.29, 0.717) is 9.90 Å². The van der Waals surface area contributed by atoms with Gasteiger partial charge in [-0.2, -0.15) is 0 Å². The molecule has 1 atom stereocenters. The fraction of sp³-hybridized carbons (Fsp3) is 0.333. The number of hydrogen-bond donors (Lipinski definition) is 2. The Morgan fingerprint density at radius 2 is 2.08 bits per heavy atom. The molecule has 5 nitrogen and oxygen atoms in total. The highest BCUT2D eigenvalue weighted by Gasteiger charge is 2.30. The number of carbonyl (C=O) groups is 2. The molecule has 2 N–H and O–H groups in total. The highest BCUT2D eigenvalue weighted by atomic mass is 35.5. The molecule has 1 aromatic heterocycles. The van der Waals surface area contributed by atoms with Crippen molar-refractivity contribution in [3.8, 4) is 10.4 Å². The summed E-state index contributed by atoms with van der Waals surface area (Å²) in [5.74, 6) is -1.32. The number of carboxylic acids is 1. The zero-order valence-electron chi connectivity index (χ0n) is 14.3. The SMILES string of the molecule is COCC(C)(CC(=O)O)NC(=O)c1cc(C)c(-c2cccc(Cl)c2)s1. The minimum absolute atomic E-state index is 0.108. The summed E-state index contributed by atoms with van der Waals surface area (Å²) in [6.45, 7) is 3.69. The van der Waals surface area contributed by atoms with Gasteiger partial charge < -0.3 is 15.2 Å². The quantitative estimate of drug-likeness (QED) is 0.760. The van der Waals surface area contributed by atoms with Crippen LogP contribution in [0.25, 0.3) is 10.4 Å². The van der Waals surface area contributed by atoms with E-state index in [2.05, 4.69) is 5.32 Å². The first-order valence-corrected chi connectivity index (χ1v) is 8.83. The largest absolute Gasteiger partial charge is 0.481 e. The summed E-state index contributed by atoms with van der Waals surface area (Å²) in [6.07, 6.45) is -0.224. The minimum atomic E-state index is -0.998. The minimum Gasteiger partial charge on any atom is -0.481 e. The van der Waals surface area contributed by atoms with Crippen LogP contribution in [-0.4, -0.2) is 36.2 Å². The van der Waals surface area contributed by atoms with Crippen LogP contribution >= 0.6 is 22.9 Å². The van der Waals surface area contributed by atoms with Crippen molar-refractivity contribution in [2.24, 2.45) is 0 Å². The Morgan fingerprint density at radius 1 is 1.36 bits per heavy atom. The average Bonchev–Trinajstić information content (AvgIpc) is 2.88. The van der Waals surface area contributed by atoms with E-state index < -0.39 is 11.5 Å². The molecule has 0 bridgehead atoms. The fourth-order valence-corrected chi connectivity index (χ4v) is 3.88. The number of ether oxygens (including phenoxy) is 1. The first-order valence-electron chi connectivity index (χ1n) is 7.64. The van der Waals surface area contributed by atoms with Gasteiger partial charge in [0.15, 0.2) is 0 Å². The van der Waals surface area contributed by atoms with Crippen LogP contribution in [-0.2, 0) is 9.53 Å². The van der Waals surface area contributed by atoms with Crippen LogP contribution in [0, 0.1) is 6.92 Å². The van der Waals surface area contributed by atoms with Crippen LogP contribution in [0.1, 0.15) is 28.6 Å². The van der Waals surface area contributed by atoms with E-state index in [1.165, 1.54) is 18.4 Å². The summed E-state index contributed by atoms with van der Waals surface area (Å²) in [6, 6.07) is 9.24. The maximum Gasteiger partial charge on any atom is 0.305 e. The number of hydrogen-bond acceptors (Lipinski definition) is 4. The number of amides is 1. The van der Waals surface area contributed by atoms with Crippen molar-refractivity contribution >= 4 is 34.8 Å². The van der Waals surface area contributed by atoms with Crippen LogP contribution in [0.15, 0.2) is 30.3 Å². The summed E-state index contributed by atoms with van der Waals surface area (Å²) < 4.78 is 5.07. The average molecular weight is 382 g/mol. The molecule has 25 heavy (non-hydrogen) atoms. The second kappa shape index (κ2) is 7.99. The van der Waals surface area contributed by atoms with E-state index in [-0.39, 0.29) is 18.9 Å². The van der Waals surface area contributed by atoms with Gasteiger partial charge >= 0.3 is 5.97 Å². The highest BCUT2D eigenvalue weighted by molar-refractivity contribution is 7.17. The van der Waals surface area contributed by atoms with E-state index in [1.54, 1.807) is 19.1 Å². The van der Waals surface area contributed by atoms with Crippen molar-refractivity contribution in [2.75, 3.05) is 13.7 Å². The molecule has 2 rings (SSSR count). The van der Waals surface area contributed by atoms with Gasteiger partial charge in [0.25, 0.3) is 5.91 Å². The molecule has 0 fully saturated rings. The normalized spacial score (nSPS) is 13.3. The van der Waals surface area contributed by atoms with Crippen LogP contribution < -0.4 is 5.32 Å². The third-order valence-electron chi connectivity index (χ3n) is 3.65. The fourth-order valence-electron chi connectivity index (χ4n) is 2.63. The summed E-state index contributed by atoms with van der Waals surface area (Å²) in [4.78, 5) is 25.1. The van der Waals surface area contributed by atoms with Gasteiger partial charge in [0, 0.05) is 17.0 Å². The lowest BCUT2D eigenvalue weighted by molar-refractivity contribution is -0.139. The van der Waals surface area contributed by atoms with Gasteiger partial charge in [-0.05, 0) is 43.2 Å². The van der Waals surface area contributed by atoms with Crippen molar-refractivity contribution in [1.29, 1.82) is 0 Å². The number of rotatable bonds is 7. The predicted molar refractivity (Wildman–Crippen MR) is 99.5 cm³/mol. The van der Waals surface area contributed by atoms with Gasteiger partial charge in [-0.3, -0.25) is 9.59 Å². The molecule has 1 unspecified atom stereocenters. The number of aryl methyl sites for hydroxylation is 1. The molecule has 0 saturated carbocycles. The van der Waals surface area contributed by atoms with Gasteiger partial charge in [0.05, 0.1) is 23.4 Å². The Hall–Kier alpha value is -1.89. The molecule has 0 saturated heterocycles. The van der Waals surface area contributed by atoms with E-state index in [4.69, 9.17) is 21.4 Å². The zero-order valence-corrected chi connectivity index (χ0v) is 15.8. The number of thiophene rings is 1. The van der Waals surface area contributed by atoms with Gasteiger partial charge in [-0.15, -0.1) is 11.3 Å². The molecule has 134 valence electrons. The Balaban J connectivity index is 2.25. The summed E-state index contributed by atoms with van der Waals surface area (Å²) >= 11 is 7.39. The smallest absolute Gasteiger partial charge is 0.305 e. The van der Waals surface area contributed by atoms with E-state index in [0.717, 1.165) is 16.0 Å². The third kappa shape index (κ3) is 5.04. The van der Waals surface area contributed by atoms with Crippen molar-refractivity contribution in [1.82, 2.24) is 5.32 Å². The maximum absolute atomic E-state index is 12.6. The van der Waals surface area contributed by atoms with Gasteiger partial charge in [0.1, 0.15) is 0 Å². The Labute approximate surface area is 155 Å². The number of aliphatic carboxylic acids is 1. The molecule has 1 heterocycles. The number of carbonyl (C=O) groups excluding carboxylic acids is 1. The van der Waals surface area contributed by atoms with E-state index >= 15 is 0 Å². The van der Waals surface area contributed by atoms with Crippen molar-refractivity contribution in [3.63, 3.8) is 0 Å². The highest BCUT2D eigenvalue weighted by Crippen LogP contribution is 2.33. The van der Waals surface area contributed by atoms with Crippen molar-refractivity contribution < 1.29 is 19.4 Å². The van der Waals surface area contributed by atoms with E-state index in [9.17, 15) is 9.59 Å². The van der Waals surface area contributed by atoms with Crippen molar-refractivity contribution in [2.45, 2.75) is 25.8 Å². The number of nitrogens with one attached hydrogen (secondary N) is 1. The summed E-state index contributed by atoms with van der Waals surface area (Å²) in [5, 5.41) is 12.5. The van der Waals surface area contributed by atoms with E-state index in [1.807, 2.05) is 25.1 Å². The Bertz CT molecular complexity index is 789. The molecular weight excluding hydrogens is 362 g/mol. The van der Waals surface area contributed by atoms with Gasteiger partial charge in [-0.25, -0.2) is 0 Å². The molecule has 0 spiro atoms. The van der Waals surface area contributed by atoms with Crippen LogP contribution in [0.5, 0.6) is 0 Å². The standard InChI is InChI=1S/C18H20ClNO4S/c1-11-7-14(25-16(11)12-5-4-6-13(19)8-12)17(23)20-18(2,10-24-3)9-15(21)22/h4-8H,9-10H2,1-3H3,(H,20,23)(H,21,22). The first-order chi connectivity index (χ1) is 11.7. The second-order valence-corrected chi connectivity index (χ2v) is 7.64. The summed E-state index contributed by atoms with van der Waals surface area (Å²) in [5.41, 5.74) is 0.925. The van der Waals surface area contributed by atoms with Crippen LogP contribution in [0.2, 0.25) is 5.02 Å². The van der Waals surface area contributed by atoms with Crippen molar-refractivity contribution in [3.05, 3.63) is 45.8 Å². The third-order valence-corrected chi connectivity index (χ3v) is 5.17. The van der Waals surface area contributed by atoms with Crippen LogP contribution in [0.4, 0.5) is 0 Å². The van der Waals surface area contributed by atoms with Gasteiger partial charge in [-0.1, -0.05) is 23.7 Å². The molecule has 2 aromatic rings. The monoisotopic (exact) mass is 381 g/mol. The molecule has 1 amide bonds. The number of methoxy groups -OCH3 is 1. The lowest BCUT2D eigenvalue weighted by Crippen LogP contribution is -2.50. The molecular formula is C18H20ClNO4S. The molecule has 0 aliphatic carbocycles. The summed E-state index contributed by atoms with van der Waals surface area (Å²) in [7, 11) is 1.47. The zero-order chi connectivity index (χ0) is 18.6. The number of benzene rings is 1. The Kier molecular flexibility index (Phi) is 6.21. The van der Waals surface area contributed by atoms with Gasteiger partial charge in [0.2, 0.25) is 0 Å². The number of carboxylic acid groups (broad SMARTS) is 1. The first kappa shape index (κ1) is 19.4. The molecule has 0 aliphatic rings. The Morgan fingerprint density at radius 3 is 2.68 bits per heavy atom. The molecule has 0 aliphatic heterocycles. The number of halogens is 1. The second-order valence-electron chi connectivity index (χ2n) is 6.15. The maximum atomic E-state index is 12.6. The lowest BCUT2D eigenvalue weighted by atomic mass is 9.99. The predicted octanol–water partition coefficient (Wildman–Crippen LogP) is 3.99. The molecule has 1 aromatic carbocycles. The lowest BCUT2D eigenvalue weighted by Gasteiger charge is -2.28. The molecule has 0 radical (unpaired) electrons. The van der Waals surface area contributed by atoms with Crippen LogP contribution in [0.3, 0.4) is 0 Å². The molecule has 7 heteroatoms.